The van der Waals surface area contributed by atoms with Crippen molar-refractivity contribution in [1.82, 2.24) is 4.90 Å². The average molecular weight is 179 g/mol. The minimum absolute atomic E-state index is 0.323. The topological polar surface area (TPSA) is 23.5 Å². The second-order valence-electron chi connectivity index (χ2n) is 3.95. The molecule has 2 rings (SSSR count). The zero-order valence-corrected chi connectivity index (χ0v) is 8.11. The van der Waals surface area contributed by atoms with Crippen molar-refractivity contribution < 1.29 is 5.11 Å². The first kappa shape index (κ1) is 8.82. The Bertz CT molecular complexity index is 244. The highest BCUT2D eigenvalue weighted by Gasteiger charge is 2.32. The summed E-state index contributed by atoms with van der Waals surface area (Å²) in [5, 5.41) is 8.77. The Kier molecular flexibility index (Phi) is 2.40. The molecule has 2 aliphatic rings. The molecule has 72 valence electrons. The van der Waals surface area contributed by atoms with Gasteiger partial charge in [-0.1, -0.05) is 12.2 Å². The number of fused-ring (bicyclic) bond motifs is 1. The second-order valence-corrected chi connectivity index (χ2v) is 3.95. The number of aliphatic hydroxyl groups is 1. The van der Waals surface area contributed by atoms with Crippen molar-refractivity contribution in [1.29, 1.82) is 0 Å². The van der Waals surface area contributed by atoms with Crippen LogP contribution in [0.4, 0.5) is 0 Å². The van der Waals surface area contributed by atoms with Gasteiger partial charge in [-0.2, -0.15) is 0 Å². The van der Waals surface area contributed by atoms with Crippen LogP contribution in [-0.4, -0.2) is 29.7 Å². The first-order valence-corrected chi connectivity index (χ1v) is 5.05. The van der Waals surface area contributed by atoms with Gasteiger partial charge in [0.2, 0.25) is 0 Å². The Labute approximate surface area is 79.6 Å². The summed E-state index contributed by atoms with van der Waals surface area (Å²) >= 11 is 0. The predicted molar refractivity (Wildman–Crippen MR) is 53.2 cm³/mol. The molecule has 2 nitrogen and oxygen atoms in total. The lowest BCUT2D eigenvalue weighted by atomic mass is 10.0. The van der Waals surface area contributed by atoms with Crippen molar-refractivity contribution in [2.75, 3.05) is 13.7 Å². The molecule has 1 heterocycles. The summed E-state index contributed by atoms with van der Waals surface area (Å²) in [6.07, 6.45) is 9.93. The van der Waals surface area contributed by atoms with Gasteiger partial charge < -0.3 is 10.0 Å². The van der Waals surface area contributed by atoms with Crippen LogP contribution in [0.2, 0.25) is 0 Å². The SMILES string of the molecule is CN1C2=CC=CC2CC1CCCO. The van der Waals surface area contributed by atoms with E-state index >= 15 is 0 Å². The molecule has 0 saturated carbocycles. The van der Waals surface area contributed by atoms with Crippen LogP contribution in [0.3, 0.4) is 0 Å². The van der Waals surface area contributed by atoms with Crippen LogP contribution >= 0.6 is 0 Å². The quantitative estimate of drug-likeness (QED) is 0.710. The highest BCUT2D eigenvalue weighted by atomic mass is 16.2. The zero-order chi connectivity index (χ0) is 9.26. The van der Waals surface area contributed by atoms with Gasteiger partial charge in [0.25, 0.3) is 0 Å². The fraction of sp³-hybridized carbons (Fsp3) is 0.636. The van der Waals surface area contributed by atoms with Gasteiger partial charge in [0.05, 0.1) is 0 Å². The lowest BCUT2D eigenvalue weighted by Gasteiger charge is -2.22. The minimum Gasteiger partial charge on any atom is -0.396 e. The number of allylic oxidation sites excluding steroid dienone is 3. The number of likely N-dealkylation sites (tertiary alicyclic amines) is 1. The van der Waals surface area contributed by atoms with E-state index in [2.05, 4.69) is 30.2 Å². The molecule has 1 aliphatic heterocycles. The smallest absolute Gasteiger partial charge is 0.0431 e. The van der Waals surface area contributed by atoms with E-state index in [1.54, 1.807) is 0 Å². The Morgan fingerprint density at radius 2 is 2.46 bits per heavy atom. The summed E-state index contributed by atoms with van der Waals surface area (Å²) in [5.41, 5.74) is 1.46. The maximum Gasteiger partial charge on any atom is 0.0431 e. The molecule has 1 saturated heterocycles. The van der Waals surface area contributed by atoms with Crippen LogP contribution < -0.4 is 0 Å². The Balaban J connectivity index is 1.95. The highest BCUT2D eigenvalue weighted by Crippen LogP contribution is 2.37. The van der Waals surface area contributed by atoms with E-state index in [4.69, 9.17) is 5.11 Å². The molecular formula is C11H17NO. The monoisotopic (exact) mass is 179 g/mol. The molecule has 0 aromatic rings. The Morgan fingerprint density at radius 3 is 3.15 bits per heavy atom. The van der Waals surface area contributed by atoms with E-state index in [0.717, 1.165) is 12.8 Å². The van der Waals surface area contributed by atoms with Crippen LogP contribution in [-0.2, 0) is 0 Å². The molecule has 2 atom stereocenters. The third-order valence-corrected chi connectivity index (χ3v) is 3.17. The fourth-order valence-corrected chi connectivity index (χ4v) is 2.39. The van der Waals surface area contributed by atoms with Crippen LogP contribution in [0.25, 0.3) is 0 Å². The third kappa shape index (κ3) is 1.51. The maximum absolute atomic E-state index is 8.77. The molecule has 13 heavy (non-hydrogen) atoms. The number of hydrogen-bond donors (Lipinski definition) is 1. The van der Waals surface area contributed by atoms with Crippen LogP contribution in [0.1, 0.15) is 19.3 Å². The summed E-state index contributed by atoms with van der Waals surface area (Å²) in [6.45, 7) is 0.323. The number of nitrogens with zero attached hydrogens (tertiary/aromatic N) is 1. The third-order valence-electron chi connectivity index (χ3n) is 3.17. The van der Waals surface area contributed by atoms with Crippen LogP contribution in [0.5, 0.6) is 0 Å². The van der Waals surface area contributed by atoms with Gasteiger partial charge in [-0.05, 0) is 25.3 Å². The molecule has 0 amide bonds. The molecule has 1 aliphatic carbocycles. The predicted octanol–water partition coefficient (Wildman–Crippen LogP) is 1.53. The van der Waals surface area contributed by atoms with Gasteiger partial charge >= 0.3 is 0 Å². The summed E-state index contributed by atoms with van der Waals surface area (Å²) in [4.78, 5) is 2.38. The molecule has 1 N–H and O–H groups in total. The number of hydrogen-bond acceptors (Lipinski definition) is 2. The second kappa shape index (κ2) is 3.54. The van der Waals surface area contributed by atoms with Crippen LogP contribution in [0, 0.1) is 5.92 Å². The molecule has 2 unspecified atom stereocenters. The van der Waals surface area contributed by atoms with E-state index in [9.17, 15) is 0 Å². The van der Waals surface area contributed by atoms with Crippen molar-refractivity contribution >= 4 is 0 Å². The molecule has 0 bridgehead atoms. The lowest BCUT2D eigenvalue weighted by Crippen LogP contribution is -2.23. The van der Waals surface area contributed by atoms with E-state index in [-0.39, 0.29) is 0 Å². The van der Waals surface area contributed by atoms with Gasteiger partial charge in [-0.3, -0.25) is 0 Å². The average Bonchev–Trinajstić information content (AvgIpc) is 2.67. The van der Waals surface area contributed by atoms with Gasteiger partial charge in [0, 0.05) is 31.3 Å². The Hall–Kier alpha value is -0.760. The highest BCUT2D eigenvalue weighted by molar-refractivity contribution is 5.30. The largest absolute Gasteiger partial charge is 0.396 e. The molecule has 0 spiro atoms. The van der Waals surface area contributed by atoms with Crippen molar-refractivity contribution in [3.05, 3.63) is 23.9 Å². The normalized spacial score (nSPS) is 30.9. The van der Waals surface area contributed by atoms with Crippen molar-refractivity contribution in [2.45, 2.75) is 25.3 Å². The first-order valence-electron chi connectivity index (χ1n) is 5.05. The summed E-state index contributed by atoms with van der Waals surface area (Å²) in [5.74, 6) is 0.661. The van der Waals surface area contributed by atoms with Gasteiger partial charge in [-0.25, -0.2) is 0 Å². The van der Waals surface area contributed by atoms with E-state index < -0.39 is 0 Å². The standard InChI is InChI=1S/C11H17NO/c1-12-10(5-3-7-13)8-9-4-2-6-11(9)12/h2,4,6,9-10,13H,3,5,7-8H2,1H3. The van der Waals surface area contributed by atoms with Gasteiger partial charge in [0.1, 0.15) is 0 Å². The van der Waals surface area contributed by atoms with Gasteiger partial charge in [-0.15, -0.1) is 0 Å². The zero-order valence-electron chi connectivity index (χ0n) is 8.11. The van der Waals surface area contributed by atoms with Crippen molar-refractivity contribution in [2.24, 2.45) is 5.92 Å². The van der Waals surface area contributed by atoms with Crippen molar-refractivity contribution in [3.8, 4) is 0 Å². The lowest BCUT2D eigenvalue weighted by molar-refractivity contribution is 0.254. The molecular weight excluding hydrogens is 162 g/mol. The molecule has 0 aromatic carbocycles. The van der Waals surface area contributed by atoms with Crippen LogP contribution in [0.15, 0.2) is 23.9 Å². The summed E-state index contributed by atoms with van der Waals surface area (Å²) < 4.78 is 0. The Morgan fingerprint density at radius 1 is 1.62 bits per heavy atom. The molecule has 2 heteroatoms. The first-order chi connectivity index (χ1) is 6.33. The van der Waals surface area contributed by atoms with Crippen molar-refractivity contribution in [3.63, 3.8) is 0 Å². The van der Waals surface area contributed by atoms with E-state index in [1.165, 1.54) is 12.1 Å². The number of rotatable bonds is 3. The number of aliphatic hydroxyl groups excluding tert-OH is 1. The molecule has 0 radical (unpaired) electrons. The molecule has 0 aromatic heterocycles. The summed E-state index contributed by atoms with van der Waals surface area (Å²) in [6, 6.07) is 0.647. The van der Waals surface area contributed by atoms with E-state index in [1.807, 2.05) is 0 Å². The minimum atomic E-state index is 0.323. The molecule has 1 fully saturated rings. The fourth-order valence-electron chi connectivity index (χ4n) is 2.39. The van der Waals surface area contributed by atoms with Gasteiger partial charge in [0.15, 0.2) is 0 Å². The maximum atomic E-state index is 8.77. The summed E-state index contributed by atoms with van der Waals surface area (Å²) in [7, 11) is 2.17. The van der Waals surface area contributed by atoms with E-state index in [0.29, 0.717) is 18.6 Å².